The van der Waals surface area contributed by atoms with Gasteiger partial charge in [-0.2, -0.15) is 5.26 Å². The smallest absolute Gasteiger partial charge is 0.334 e. The molecule has 92 valence electrons. The highest BCUT2D eigenvalue weighted by atomic mass is 16.6. The fourth-order valence-corrected chi connectivity index (χ4v) is 2.36. The van der Waals surface area contributed by atoms with Crippen LogP contribution in [0.4, 0.5) is 0 Å². The van der Waals surface area contributed by atoms with E-state index in [-0.39, 0.29) is 0 Å². The van der Waals surface area contributed by atoms with Gasteiger partial charge in [-0.3, -0.25) is 14.9 Å². The number of benzene rings is 1. The number of carbonyl (C=O) groups excluding carboxylic acids is 1. The lowest BCUT2D eigenvalue weighted by Crippen LogP contribution is -2.23. The van der Waals surface area contributed by atoms with Crippen molar-refractivity contribution in [1.82, 2.24) is 0 Å². The molecule has 1 aromatic rings. The van der Waals surface area contributed by atoms with E-state index in [0.717, 1.165) is 7.11 Å². The predicted molar refractivity (Wildman–Crippen MR) is 60.0 cm³/mol. The predicted octanol–water partition coefficient (Wildman–Crippen LogP) is 1.11. The van der Waals surface area contributed by atoms with Crippen molar-refractivity contribution >= 4 is 5.97 Å². The molecule has 0 spiro atoms. The number of ether oxygens (including phenoxy) is 1. The van der Waals surface area contributed by atoms with Crippen molar-refractivity contribution in [3.8, 4) is 6.07 Å². The minimum Gasteiger partial charge on any atom is -0.468 e. The third-order valence-electron chi connectivity index (χ3n) is 3.26. The fraction of sp³-hybridized carbons (Fsp3) is 0.333. The summed E-state index contributed by atoms with van der Waals surface area (Å²) in [7, 11) is 1.12. The lowest BCUT2D eigenvalue weighted by Gasteiger charge is -2.03. The van der Waals surface area contributed by atoms with Crippen LogP contribution in [0.3, 0.4) is 0 Å². The van der Waals surface area contributed by atoms with Gasteiger partial charge in [0, 0.05) is 4.92 Å². The largest absolute Gasteiger partial charge is 0.468 e. The van der Waals surface area contributed by atoms with Crippen LogP contribution in [0, 0.1) is 26.9 Å². The summed E-state index contributed by atoms with van der Waals surface area (Å²) in [5.74, 6) is -1.59. The van der Waals surface area contributed by atoms with Crippen LogP contribution >= 0.6 is 0 Å². The molecule has 1 aliphatic carbocycles. The van der Waals surface area contributed by atoms with Gasteiger partial charge < -0.3 is 4.74 Å². The average Bonchev–Trinajstić information content (AvgIpc) is 3.09. The van der Waals surface area contributed by atoms with Gasteiger partial charge in [0.05, 0.1) is 19.1 Å². The van der Waals surface area contributed by atoms with E-state index in [9.17, 15) is 14.9 Å². The van der Waals surface area contributed by atoms with Gasteiger partial charge in [-0.15, -0.1) is 0 Å². The topological polar surface area (TPSA) is 93.2 Å². The van der Waals surface area contributed by atoms with Gasteiger partial charge in [0.25, 0.3) is 6.04 Å². The molecular formula is C12H10N2O4. The van der Waals surface area contributed by atoms with Crippen LogP contribution < -0.4 is 0 Å². The molecule has 18 heavy (non-hydrogen) atoms. The van der Waals surface area contributed by atoms with E-state index < -0.39 is 28.3 Å². The van der Waals surface area contributed by atoms with Gasteiger partial charge in [0.2, 0.25) is 5.41 Å². The van der Waals surface area contributed by atoms with Crippen LogP contribution in [0.25, 0.3) is 0 Å². The number of methoxy groups -OCH3 is 1. The first-order valence-electron chi connectivity index (χ1n) is 5.27. The van der Waals surface area contributed by atoms with Crippen molar-refractivity contribution in [1.29, 1.82) is 5.26 Å². The monoisotopic (exact) mass is 246 g/mol. The maximum absolute atomic E-state index is 11.7. The number of hydrogen-bond acceptors (Lipinski definition) is 5. The average molecular weight is 246 g/mol. The minimum absolute atomic E-state index is 0.586. The van der Waals surface area contributed by atoms with E-state index in [1.807, 2.05) is 0 Å². The van der Waals surface area contributed by atoms with E-state index in [1.165, 1.54) is 0 Å². The van der Waals surface area contributed by atoms with Crippen molar-refractivity contribution in [3.05, 3.63) is 46.0 Å². The van der Waals surface area contributed by atoms with Gasteiger partial charge in [-0.25, -0.2) is 0 Å². The SMILES string of the molecule is COC(=O)[C@]1(C#N)[C@@H]([N+](=O)[O-])[C@@H]1c1ccccc1. The molecule has 0 unspecified atom stereocenters. The summed E-state index contributed by atoms with van der Waals surface area (Å²) in [6, 6.07) is 9.06. The van der Waals surface area contributed by atoms with E-state index >= 15 is 0 Å². The normalized spacial score (nSPS) is 29.1. The highest BCUT2D eigenvalue weighted by Crippen LogP contribution is 2.61. The second-order valence-corrected chi connectivity index (χ2v) is 4.09. The summed E-state index contributed by atoms with van der Waals surface area (Å²) in [5.41, 5.74) is -1.09. The first-order valence-corrected chi connectivity index (χ1v) is 5.27. The summed E-state index contributed by atoms with van der Waals surface area (Å²) >= 11 is 0. The van der Waals surface area contributed by atoms with E-state index in [0.29, 0.717) is 5.56 Å². The molecule has 1 saturated carbocycles. The number of esters is 1. The molecule has 6 heteroatoms. The number of rotatable bonds is 3. The highest BCUT2D eigenvalue weighted by molar-refractivity contribution is 5.87. The molecule has 3 atom stereocenters. The van der Waals surface area contributed by atoms with Gasteiger partial charge in [0.15, 0.2) is 0 Å². The van der Waals surface area contributed by atoms with Crippen molar-refractivity contribution in [2.75, 3.05) is 7.11 Å². The van der Waals surface area contributed by atoms with E-state index in [2.05, 4.69) is 4.74 Å². The van der Waals surface area contributed by atoms with Crippen LogP contribution in [0.15, 0.2) is 30.3 Å². The third kappa shape index (κ3) is 1.44. The molecular weight excluding hydrogens is 236 g/mol. The summed E-state index contributed by atoms with van der Waals surface area (Å²) < 4.78 is 4.53. The van der Waals surface area contributed by atoms with Crippen molar-refractivity contribution in [3.63, 3.8) is 0 Å². The Morgan fingerprint density at radius 2 is 2.11 bits per heavy atom. The summed E-state index contributed by atoms with van der Waals surface area (Å²) in [6.07, 6.45) is 0. The van der Waals surface area contributed by atoms with Crippen LogP contribution in [0.1, 0.15) is 11.5 Å². The Morgan fingerprint density at radius 3 is 2.56 bits per heavy atom. The van der Waals surface area contributed by atoms with Gasteiger partial charge >= 0.3 is 5.97 Å². The highest BCUT2D eigenvalue weighted by Gasteiger charge is 2.81. The second-order valence-electron chi connectivity index (χ2n) is 4.09. The summed E-state index contributed by atoms with van der Waals surface area (Å²) in [4.78, 5) is 22.1. The number of carbonyl (C=O) groups is 1. The minimum atomic E-state index is -1.69. The molecule has 6 nitrogen and oxygen atoms in total. The maximum Gasteiger partial charge on any atom is 0.334 e. The molecule has 0 aromatic heterocycles. The molecule has 2 rings (SSSR count). The van der Waals surface area contributed by atoms with E-state index in [1.54, 1.807) is 36.4 Å². The van der Waals surface area contributed by atoms with Gasteiger partial charge in [-0.05, 0) is 5.56 Å². The number of hydrogen-bond donors (Lipinski definition) is 0. The Morgan fingerprint density at radius 1 is 1.50 bits per heavy atom. The van der Waals surface area contributed by atoms with Gasteiger partial charge in [-0.1, -0.05) is 30.3 Å². The Hall–Kier alpha value is -2.42. The number of nitrogens with zero attached hydrogens (tertiary/aromatic N) is 2. The van der Waals surface area contributed by atoms with Crippen LogP contribution in [0.5, 0.6) is 0 Å². The summed E-state index contributed by atoms with van der Waals surface area (Å²) in [6.45, 7) is 0. The molecule has 1 fully saturated rings. The quantitative estimate of drug-likeness (QED) is 0.452. The lowest BCUT2D eigenvalue weighted by atomic mass is 10.0. The van der Waals surface area contributed by atoms with Crippen LogP contribution in [-0.2, 0) is 9.53 Å². The summed E-state index contributed by atoms with van der Waals surface area (Å²) in [5, 5.41) is 20.1. The van der Waals surface area contributed by atoms with Crippen molar-refractivity contribution in [2.24, 2.45) is 5.41 Å². The second kappa shape index (κ2) is 4.11. The van der Waals surface area contributed by atoms with E-state index in [4.69, 9.17) is 5.26 Å². The fourth-order valence-electron chi connectivity index (χ4n) is 2.36. The zero-order valence-electron chi connectivity index (χ0n) is 9.57. The zero-order valence-corrected chi connectivity index (χ0v) is 9.57. The molecule has 0 aliphatic heterocycles. The Balaban J connectivity index is 2.45. The van der Waals surface area contributed by atoms with Crippen LogP contribution in [-0.4, -0.2) is 24.0 Å². The number of nitro groups is 1. The standard InChI is InChI=1S/C12H10N2O4/c1-18-11(15)12(7-13)9(10(12)14(16)17)8-5-3-2-4-6-8/h2-6,9-10H,1H3/t9-,10-,12-/m0/s1. The molecule has 0 N–H and O–H groups in total. The number of nitriles is 1. The molecule has 0 amide bonds. The Kier molecular flexibility index (Phi) is 2.75. The van der Waals surface area contributed by atoms with Crippen molar-refractivity contribution in [2.45, 2.75) is 12.0 Å². The molecule has 1 aromatic carbocycles. The van der Waals surface area contributed by atoms with Crippen molar-refractivity contribution < 1.29 is 14.5 Å². The molecule has 0 bridgehead atoms. The first kappa shape index (κ1) is 12.0. The Labute approximate surface area is 103 Å². The molecule has 0 radical (unpaired) electrons. The maximum atomic E-state index is 11.7. The van der Waals surface area contributed by atoms with Gasteiger partial charge in [0.1, 0.15) is 0 Å². The molecule has 1 aliphatic rings. The lowest BCUT2D eigenvalue weighted by molar-refractivity contribution is -0.501. The third-order valence-corrected chi connectivity index (χ3v) is 3.26. The zero-order chi connectivity index (χ0) is 13.3. The molecule has 0 heterocycles. The molecule has 0 saturated heterocycles. The van der Waals surface area contributed by atoms with Crippen LogP contribution in [0.2, 0.25) is 0 Å². The first-order chi connectivity index (χ1) is 8.59. The Bertz CT molecular complexity index is 537.